The predicted molar refractivity (Wildman–Crippen MR) is 242 cm³/mol. The van der Waals surface area contributed by atoms with Crippen LogP contribution in [-0.2, 0) is 6.54 Å². The van der Waals surface area contributed by atoms with Gasteiger partial charge in [0.1, 0.15) is 0 Å². The van der Waals surface area contributed by atoms with Crippen molar-refractivity contribution in [3.8, 4) is 0 Å². The number of thiophene rings is 1. The lowest BCUT2D eigenvalue weighted by molar-refractivity contribution is 1.01. The van der Waals surface area contributed by atoms with Crippen molar-refractivity contribution in [2.24, 2.45) is 5.73 Å². The van der Waals surface area contributed by atoms with Gasteiger partial charge < -0.3 is 16.5 Å². The lowest BCUT2D eigenvalue weighted by atomic mass is 9.85. The Morgan fingerprint density at radius 1 is 0.727 bits per heavy atom. The first-order valence-electron chi connectivity index (χ1n) is 19.2. The number of allylic oxidation sites excluding steroid dienone is 5. The summed E-state index contributed by atoms with van der Waals surface area (Å²) in [6.45, 7) is 6.72. The van der Waals surface area contributed by atoms with E-state index in [9.17, 15) is 0 Å². The fourth-order valence-electron chi connectivity index (χ4n) is 6.57. The first-order chi connectivity index (χ1) is 27.1. The number of fused-ring (bicyclic) bond motifs is 3. The molecule has 0 bridgehead atoms. The van der Waals surface area contributed by atoms with Crippen LogP contribution in [0.3, 0.4) is 0 Å². The summed E-state index contributed by atoms with van der Waals surface area (Å²) >= 11 is 1.89. The van der Waals surface area contributed by atoms with E-state index >= 15 is 0 Å². The molecular formula is C51H53N3S. The number of nitrogens with two attached hydrogens (primary N) is 1. The molecule has 4 heteroatoms. The van der Waals surface area contributed by atoms with Crippen LogP contribution in [-0.4, -0.2) is 13.3 Å². The largest absolute Gasteiger partial charge is 0.388 e. The number of rotatable bonds is 8. The fraction of sp³-hybridized carbons (Fsp3) is 0.157. The van der Waals surface area contributed by atoms with E-state index in [1.54, 1.807) is 0 Å². The standard InChI is InChI=1S/C35H30N2S.C7H9N.C7H8.C2H6/c1-37-33(27-12-6-3-7-13-27)22-30(26-10-4-2-5-11-26)32-21-28(25-18-16-24(23-36)17-19-25)20-31-29-14-8-9-15-34(29)38-35(31)32;8-6-7-4-2-1-3-5-7;1-7-5-3-2-4-6-7;1-2/h2-16,18,20-23,30,36-37H,17,19H2,1H3;1-5H,6,8H2;2-6H,1H3;1-2H3/b33-22-,36-23?;;;. The van der Waals surface area contributed by atoms with Gasteiger partial charge in [-0.25, -0.2) is 0 Å². The van der Waals surface area contributed by atoms with Gasteiger partial charge in [0.25, 0.3) is 0 Å². The fourth-order valence-corrected chi connectivity index (χ4v) is 7.80. The molecule has 4 N–H and O–H groups in total. The van der Waals surface area contributed by atoms with Crippen molar-refractivity contribution in [3.63, 3.8) is 0 Å². The van der Waals surface area contributed by atoms with Crippen LogP contribution in [0.4, 0.5) is 0 Å². The lowest BCUT2D eigenvalue weighted by Gasteiger charge is -2.21. The molecule has 0 fully saturated rings. The summed E-state index contributed by atoms with van der Waals surface area (Å²) in [6, 6.07) is 55.2. The molecule has 8 rings (SSSR count). The highest BCUT2D eigenvalue weighted by molar-refractivity contribution is 7.26. The highest BCUT2D eigenvalue weighted by Crippen LogP contribution is 2.43. The minimum absolute atomic E-state index is 0.0752. The lowest BCUT2D eigenvalue weighted by Crippen LogP contribution is -2.08. The summed E-state index contributed by atoms with van der Waals surface area (Å²) < 4.78 is 2.66. The Labute approximate surface area is 332 Å². The second kappa shape index (κ2) is 21.2. The summed E-state index contributed by atoms with van der Waals surface area (Å²) in [4.78, 5) is 0. The number of hydrogen-bond acceptors (Lipinski definition) is 4. The van der Waals surface area contributed by atoms with Gasteiger partial charge in [0, 0.05) is 51.6 Å². The van der Waals surface area contributed by atoms with Gasteiger partial charge >= 0.3 is 0 Å². The maximum absolute atomic E-state index is 7.65. The van der Waals surface area contributed by atoms with Gasteiger partial charge in [0.05, 0.1) is 0 Å². The molecule has 0 spiro atoms. The number of aryl methyl sites for hydroxylation is 1. The second-order valence-electron chi connectivity index (χ2n) is 13.0. The van der Waals surface area contributed by atoms with Gasteiger partial charge in [-0.15, -0.1) is 11.3 Å². The zero-order valence-corrected chi connectivity index (χ0v) is 33.3. The summed E-state index contributed by atoms with van der Waals surface area (Å²) in [5.41, 5.74) is 16.5. The summed E-state index contributed by atoms with van der Waals surface area (Å²) in [6.07, 6.45) is 10.0. The molecule has 1 heterocycles. The summed E-state index contributed by atoms with van der Waals surface area (Å²) in [7, 11) is 2.01. The summed E-state index contributed by atoms with van der Waals surface area (Å²) in [5, 5.41) is 13.8. The third-order valence-electron chi connectivity index (χ3n) is 9.44. The van der Waals surface area contributed by atoms with E-state index in [4.69, 9.17) is 11.1 Å². The van der Waals surface area contributed by atoms with Crippen LogP contribution in [0.1, 0.15) is 66.0 Å². The van der Waals surface area contributed by atoms with E-state index in [0.29, 0.717) is 6.54 Å². The second-order valence-corrected chi connectivity index (χ2v) is 14.1. The molecule has 0 radical (unpaired) electrons. The van der Waals surface area contributed by atoms with E-state index in [-0.39, 0.29) is 5.92 Å². The van der Waals surface area contributed by atoms with Gasteiger partial charge in [-0.05, 0) is 83.0 Å². The third-order valence-corrected chi connectivity index (χ3v) is 10.7. The van der Waals surface area contributed by atoms with Gasteiger partial charge in [-0.2, -0.15) is 0 Å². The number of benzene rings is 6. The number of nitrogens with one attached hydrogen (secondary N) is 2. The van der Waals surface area contributed by atoms with E-state index in [1.165, 1.54) is 65.3 Å². The molecule has 55 heavy (non-hydrogen) atoms. The third kappa shape index (κ3) is 10.9. The summed E-state index contributed by atoms with van der Waals surface area (Å²) in [5.74, 6) is 0.0752. The van der Waals surface area contributed by atoms with Crippen LogP contribution < -0.4 is 11.1 Å². The Morgan fingerprint density at radius 2 is 1.33 bits per heavy atom. The molecule has 1 atom stereocenters. The smallest absolute Gasteiger partial charge is 0.0397 e. The van der Waals surface area contributed by atoms with E-state index in [2.05, 4.69) is 140 Å². The topological polar surface area (TPSA) is 61.9 Å². The van der Waals surface area contributed by atoms with Crippen LogP contribution >= 0.6 is 11.3 Å². The van der Waals surface area contributed by atoms with Crippen LogP contribution in [0.2, 0.25) is 0 Å². The maximum atomic E-state index is 7.65. The van der Waals surface area contributed by atoms with Crippen molar-refractivity contribution in [1.82, 2.24) is 5.32 Å². The molecule has 278 valence electrons. The molecule has 3 nitrogen and oxygen atoms in total. The molecule has 1 aliphatic carbocycles. The molecular weight excluding hydrogens is 687 g/mol. The van der Waals surface area contributed by atoms with Crippen molar-refractivity contribution >= 4 is 49.0 Å². The minimum Gasteiger partial charge on any atom is -0.388 e. The van der Waals surface area contributed by atoms with E-state index < -0.39 is 0 Å². The Morgan fingerprint density at radius 3 is 1.87 bits per heavy atom. The number of hydrogen-bond donors (Lipinski definition) is 3. The molecule has 1 aromatic heterocycles. The van der Waals surface area contributed by atoms with Crippen molar-refractivity contribution in [1.29, 1.82) is 5.41 Å². The molecule has 0 amide bonds. The van der Waals surface area contributed by atoms with Crippen LogP contribution in [0.15, 0.2) is 182 Å². The highest BCUT2D eigenvalue weighted by atomic mass is 32.1. The van der Waals surface area contributed by atoms with Crippen LogP contribution in [0, 0.1) is 12.3 Å². The molecule has 0 saturated carbocycles. The predicted octanol–water partition coefficient (Wildman–Crippen LogP) is 13.4. The molecule has 1 unspecified atom stereocenters. The maximum Gasteiger partial charge on any atom is 0.0397 e. The quantitative estimate of drug-likeness (QED) is 0.136. The first kappa shape index (κ1) is 40.4. The van der Waals surface area contributed by atoms with Crippen molar-refractivity contribution in [2.75, 3.05) is 7.05 Å². The van der Waals surface area contributed by atoms with Gasteiger partial charge in [-0.3, -0.25) is 0 Å². The zero-order chi connectivity index (χ0) is 38.8. The van der Waals surface area contributed by atoms with Gasteiger partial charge in [0.2, 0.25) is 0 Å². The van der Waals surface area contributed by atoms with Crippen molar-refractivity contribution in [3.05, 3.63) is 215 Å². The van der Waals surface area contributed by atoms with Crippen LogP contribution in [0.25, 0.3) is 31.4 Å². The average molecular weight is 740 g/mol. The van der Waals surface area contributed by atoms with Gasteiger partial charge in [-0.1, -0.05) is 171 Å². The SMILES string of the molecule is CC.CN/C(=C\C(c1ccccc1)c1cc(C2=CC=C(C=N)CC2)cc2c1sc1ccccc12)c1ccccc1.Cc1ccccc1.NCc1ccccc1. The first-order valence-corrected chi connectivity index (χ1v) is 20.0. The molecule has 1 aliphatic rings. The van der Waals surface area contributed by atoms with Crippen molar-refractivity contribution < 1.29 is 0 Å². The molecule has 0 saturated heterocycles. The van der Waals surface area contributed by atoms with E-state index in [1.807, 2.05) is 80.8 Å². The zero-order valence-electron chi connectivity index (χ0n) is 32.5. The Balaban J connectivity index is 0.000000282. The van der Waals surface area contributed by atoms with Crippen LogP contribution in [0.5, 0.6) is 0 Å². The molecule has 7 aromatic rings. The van der Waals surface area contributed by atoms with Crippen molar-refractivity contribution in [2.45, 2.75) is 46.1 Å². The molecule has 6 aromatic carbocycles. The highest BCUT2D eigenvalue weighted by Gasteiger charge is 2.21. The normalized spacial score (nSPS) is 12.7. The van der Waals surface area contributed by atoms with Gasteiger partial charge in [0.15, 0.2) is 0 Å². The molecule has 0 aliphatic heterocycles. The van der Waals surface area contributed by atoms with E-state index in [0.717, 1.165) is 24.1 Å². The Bertz CT molecular complexity index is 2320. The average Bonchev–Trinajstić information content (AvgIpc) is 3.65. The monoisotopic (exact) mass is 739 g/mol. The minimum atomic E-state index is 0.0752. The Kier molecular flexibility index (Phi) is 15.5. The Hall–Kier alpha value is -5.81.